The first-order valence-corrected chi connectivity index (χ1v) is 5.53. The van der Waals surface area contributed by atoms with Crippen LogP contribution in [0.1, 0.15) is 12.8 Å². The Morgan fingerprint density at radius 1 is 0.400 bits per heavy atom. The molecule has 0 N–H and O–H groups in total. The third kappa shape index (κ3) is 10.9. The Balaban J connectivity index is 0.00000196. The van der Waals surface area contributed by atoms with Crippen molar-refractivity contribution in [2.24, 2.45) is 0 Å². The Kier molecular flexibility index (Phi) is 13.1. The normalized spacial score (nSPS) is 22.4. The fraction of sp³-hybridized carbons (Fsp3) is 1.00. The van der Waals surface area contributed by atoms with Gasteiger partial charge in [0.25, 0.3) is 0 Å². The summed E-state index contributed by atoms with van der Waals surface area (Å²) in [6.45, 7) is 7.31. The van der Waals surface area contributed by atoms with Crippen LogP contribution in [0, 0.1) is 0 Å². The van der Waals surface area contributed by atoms with Crippen LogP contribution in [0.3, 0.4) is 0 Å². The smallest absolute Gasteiger partial charge is 0 e. The molecule has 0 saturated carbocycles. The SMILES string of the molecule is C1C[N-]CC[N-]CCC[N-]CC[N-]C1.[Au]. The van der Waals surface area contributed by atoms with E-state index in [9.17, 15) is 0 Å². The molecule has 0 aromatic rings. The number of rotatable bonds is 0. The van der Waals surface area contributed by atoms with Gasteiger partial charge in [0.05, 0.1) is 0 Å². The maximum atomic E-state index is 4.38. The van der Waals surface area contributed by atoms with E-state index in [0.29, 0.717) is 0 Å². The summed E-state index contributed by atoms with van der Waals surface area (Å²) in [6, 6.07) is 0. The summed E-state index contributed by atoms with van der Waals surface area (Å²) in [5.41, 5.74) is 0. The van der Waals surface area contributed by atoms with Crippen molar-refractivity contribution in [3.05, 3.63) is 21.3 Å². The van der Waals surface area contributed by atoms with E-state index >= 15 is 0 Å². The van der Waals surface area contributed by atoms with Crippen molar-refractivity contribution in [1.82, 2.24) is 0 Å². The summed E-state index contributed by atoms with van der Waals surface area (Å²) in [5.74, 6) is 0. The van der Waals surface area contributed by atoms with Gasteiger partial charge in [0.2, 0.25) is 0 Å². The largest absolute Gasteiger partial charge is 0.664 e. The van der Waals surface area contributed by atoms with Crippen molar-refractivity contribution in [3.63, 3.8) is 0 Å². The average molecular weight is 393 g/mol. The minimum Gasteiger partial charge on any atom is -0.664 e. The monoisotopic (exact) mass is 393 g/mol. The van der Waals surface area contributed by atoms with Gasteiger partial charge < -0.3 is 21.3 Å². The molecule has 0 aliphatic carbocycles. The van der Waals surface area contributed by atoms with E-state index in [0.717, 1.165) is 65.2 Å². The van der Waals surface area contributed by atoms with Crippen LogP contribution >= 0.6 is 0 Å². The number of nitrogens with zero attached hydrogens (tertiary/aromatic N) is 4. The molecule has 0 atom stereocenters. The molecule has 4 nitrogen and oxygen atoms in total. The van der Waals surface area contributed by atoms with Crippen molar-refractivity contribution in [3.8, 4) is 0 Å². The topological polar surface area (TPSA) is 56.4 Å². The third-order valence-corrected chi connectivity index (χ3v) is 2.10. The summed E-state index contributed by atoms with van der Waals surface area (Å²) < 4.78 is 0. The van der Waals surface area contributed by atoms with Crippen LogP contribution in [0.5, 0.6) is 0 Å². The Morgan fingerprint density at radius 3 is 0.933 bits per heavy atom. The summed E-state index contributed by atoms with van der Waals surface area (Å²) in [5, 5.41) is 17.5. The van der Waals surface area contributed by atoms with E-state index in [4.69, 9.17) is 0 Å². The second-order valence-corrected chi connectivity index (χ2v) is 3.39. The summed E-state index contributed by atoms with van der Waals surface area (Å²) in [4.78, 5) is 0. The molecule has 0 unspecified atom stereocenters. The van der Waals surface area contributed by atoms with E-state index < -0.39 is 0 Å². The molecule has 0 aromatic heterocycles. The molecule has 5 heteroatoms. The van der Waals surface area contributed by atoms with Gasteiger partial charge in [0.15, 0.2) is 0 Å². The van der Waals surface area contributed by atoms with E-state index in [1.807, 2.05) is 0 Å². The van der Waals surface area contributed by atoms with Crippen molar-refractivity contribution in [2.75, 3.05) is 52.4 Å². The quantitative estimate of drug-likeness (QED) is 0.567. The molecule has 0 amide bonds. The molecule has 1 heterocycles. The first kappa shape index (κ1) is 15.6. The molecule has 0 aromatic carbocycles. The molecule has 95 valence electrons. The second-order valence-electron chi connectivity index (χ2n) is 3.39. The fourth-order valence-corrected chi connectivity index (χ4v) is 1.32. The zero-order valence-corrected chi connectivity index (χ0v) is 11.3. The van der Waals surface area contributed by atoms with Crippen LogP contribution in [0.25, 0.3) is 21.3 Å². The predicted octanol–water partition coefficient (Wildman–Crippen LogP) is 2.27. The van der Waals surface area contributed by atoms with Crippen LogP contribution in [-0.4, -0.2) is 52.4 Å². The molecule has 1 rings (SSSR count). The van der Waals surface area contributed by atoms with E-state index in [2.05, 4.69) is 21.3 Å². The summed E-state index contributed by atoms with van der Waals surface area (Å²) in [6.07, 6.45) is 2.17. The first-order valence-electron chi connectivity index (χ1n) is 5.53. The van der Waals surface area contributed by atoms with Gasteiger partial charge in [-0.25, -0.2) is 0 Å². The van der Waals surface area contributed by atoms with Gasteiger partial charge in [-0.15, -0.1) is 0 Å². The number of hydrogen-bond donors (Lipinski definition) is 0. The van der Waals surface area contributed by atoms with Crippen LogP contribution in [0.2, 0.25) is 0 Å². The molecule has 1 radical (unpaired) electrons. The molecule has 0 spiro atoms. The van der Waals surface area contributed by atoms with Crippen LogP contribution in [0.4, 0.5) is 0 Å². The summed E-state index contributed by atoms with van der Waals surface area (Å²) in [7, 11) is 0. The Bertz CT molecular complexity index is 70.7. The average Bonchev–Trinajstić information content (AvgIpc) is 2.22. The van der Waals surface area contributed by atoms with E-state index in [1.54, 1.807) is 0 Å². The van der Waals surface area contributed by atoms with Crippen molar-refractivity contribution in [1.29, 1.82) is 0 Å². The molecule has 1 fully saturated rings. The minimum atomic E-state index is 0. The minimum absolute atomic E-state index is 0. The Hall–Kier alpha value is 0.580. The molecule has 1 aliphatic heterocycles. The molecule has 1 saturated heterocycles. The van der Waals surface area contributed by atoms with Gasteiger partial charge in [0.1, 0.15) is 0 Å². The van der Waals surface area contributed by atoms with Gasteiger partial charge in [-0.1, -0.05) is 12.8 Å². The van der Waals surface area contributed by atoms with Crippen molar-refractivity contribution in [2.45, 2.75) is 12.8 Å². The first-order chi connectivity index (χ1) is 7.00. The zero-order valence-electron chi connectivity index (χ0n) is 9.16. The second kappa shape index (κ2) is 12.6. The van der Waals surface area contributed by atoms with Gasteiger partial charge in [-0.2, -0.15) is 52.4 Å². The summed E-state index contributed by atoms with van der Waals surface area (Å²) >= 11 is 0. The molecule has 1 aliphatic rings. The number of hydrogen-bond acceptors (Lipinski definition) is 0. The maximum absolute atomic E-state index is 4.38. The molecule has 0 bridgehead atoms. The van der Waals surface area contributed by atoms with Crippen molar-refractivity contribution >= 4 is 0 Å². The van der Waals surface area contributed by atoms with Crippen LogP contribution in [-0.2, 0) is 22.4 Å². The van der Waals surface area contributed by atoms with Crippen LogP contribution in [0.15, 0.2) is 0 Å². The predicted molar refractivity (Wildman–Crippen MR) is 61.6 cm³/mol. The fourth-order valence-electron chi connectivity index (χ4n) is 1.32. The van der Waals surface area contributed by atoms with Gasteiger partial charge in [-0.3, -0.25) is 0 Å². The third-order valence-electron chi connectivity index (χ3n) is 2.10. The van der Waals surface area contributed by atoms with Gasteiger partial charge in [0, 0.05) is 22.4 Å². The van der Waals surface area contributed by atoms with Gasteiger partial charge in [-0.05, 0) is 0 Å². The van der Waals surface area contributed by atoms with E-state index in [-0.39, 0.29) is 22.4 Å². The molecular formula is C10H20AuN4-4. The Labute approximate surface area is 109 Å². The van der Waals surface area contributed by atoms with Crippen molar-refractivity contribution < 1.29 is 22.4 Å². The molecule has 15 heavy (non-hydrogen) atoms. The molecular weight excluding hydrogens is 373 g/mol. The van der Waals surface area contributed by atoms with Crippen LogP contribution < -0.4 is 0 Å². The van der Waals surface area contributed by atoms with Gasteiger partial charge >= 0.3 is 0 Å². The zero-order chi connectivity index (χ0) is 9.90. The maximum Gasteiger partial charge on any atom is 0 e. The Morgan fingerprint density at radius 2 is 0.667 bits per heavy atom. The van der Waals surface area contributed by atoms with E-state index in [1.165, 1.54) is 0 Å². The standard InChI is InChI=1S/C10H20N4.Au/c1-3-11-7-9-13-5-2-6-14-10-8-12-4-1;/h1-10H2;/q-4;.